The molecule has 3 saturated heterocycles. The van der Waals surface area contributed by atoms with Gasteiger partial charge in [0.2, 0.25) is 11.9 Å². The number of hydrogen-bond donors (Lipinski definition) is 0. The quantitative estimate of drug-likeness (QED) is 0.256. The van der Waals surface area contributed by atoms with E-state index in [1.54, 1.807) is 24.3 Å². The average molecular weight is 677 g/mol. The number of ether oxygens (including phenoxy) is 5. The Bertz CT molecular complexity index is 1640. The van der Waals surface area contributed by atoms with Crippen LogP contribution in [0.4, 0.5) is 16.7 Å². The Labute approximate surface area is 284 Å². The zero-order valence-electron chi connectivity index (χ0n) is 27.6. The minimum atomic E-state index is -0.363. The lowest BCUT2D eigenvalue weighted by Crippen LogP contribution is -2.40. The zero-order valence-corrected chi connectivity index (χ0v) is 28.5. The van der Waals surface area contributed by atoms with Crippen molar-refractivity contribution in [3.05, 3.63) is 58.0 Å². The predicted octanol–water partition coefficient (Wildman–Crippen LogP) is 4.89. The molecule has 14 heteroatoms. The first-order valence-corrected chi connectivity index (χ1v) is 16.9. The number of nitrogens with zero attached hydrogens (tertiary/aromatic N) is 6. The first-order valence-electron chi connectivity index (χ1n) is 16.0. The molecule has 0 radical (unpaired) electrons. The van der Waals surface area contributed by atoms with Gasteiger partial charge in [-0.25, -0.2) is 0 Å². The minimum absolute atomic E-state index is 0.133. The molecule has 2 aromatic carbocycles. The number of aromatic nitrogens is 3. The normalized spacial score (nSPS) is 17.9. The van der Waals surface area contributed by atoms with Gasteiger partial charge in [0.05, 0.1) is 45.0 Å². The number of imide groups is 1. The van der Waals surface area contributed by atoms with E-state index in [4.69, 9.17) is 28.7 Å². The second-order valence-corrected chi connectivity index (χ2v) is 12.8. The maximum atomic E-state index is 13.2. The molecule has 4 heterocycles. The van der Waals surface area contributed by atoms with Gasteiger partial charge in [-0.2, -0.15) is 15.0 Å². The van der Waals surface area contributed by atoms with Gasteiger partial charge in [0.15, 0.2) is 11.5 Å². The number of carbonyl (C=O) groups is 2. The van der Waals surface area contributed by atoms with Crippen LogP contribution in [0.25, 0.3) is 6.08 Å². The van der Waals surface area contributed by atoms with Crippen LogP contribution >= 0.6 is 11.8 Å². The third-order valence-corrected chi connectivity index (χ3v) is 9.01. The molecule has 0 saturated carbocycles. The minimum Gasteiger partial charge on any atom is -0.493 e. The lowest BCUT2D eigenvalue weighted by molar-refractivity contribution is -0.123. The Balaban J connectivity index is 1.16. The molecule has 0 atom stereocenters. The van der Waals surface area contributed by atoms with Crippen LogP contribution in [0.3, 0.4) is 0 Å². The molecule has 3 aromatic rings. The molecule has 48 heavy (non-hydrogen) atoms. The second-order valence-electron chi connectivity index (χ2n) is 11.8. The van der Waals surface area contributed by atoms with Crippen LogP contribution < -0.4 is 24.0 Å². The SMILES string of the molecule is COc1cc(/C=C2\SC(=O)N(CCOc3cc(C)ccc3C(C)C)C2=O)ccc1Oc1nc(N2CCOCC2)nc(N2CCOCC2)n1. The first-order chi connectivity index (χ1) is 23.3. The fourth-order valence-corrected chi connectivity index (χ4v) is 6.35. The highest BCUT2D eigenvalue weighted by Crippen LogP contribution is 2.36. The summed E-state index contributed by atoms with van der Waals surface area (Å²) in [5.74, 6) is 2.53. The number of rotatable bonds is 11. The van der Waals surface area contributed by atoms with Crippen LogP contribution in [0.2, 0.25) is 0 Å². The maximum absolute atomic E-state index is 13.2. The lowest BCUT2D eigenvalue weighted by atomic mass is 10.0. The van der Waals surface area contributed by atoms with E-state index in [1.165, 1.54) is 12.0 Å². The summed E-state index contributed by atoms with van der Waals surface area (Å²) >= 11 is 0.901. The summed E-state index contributed by atoms with van der Waals surface area (Å²) in [6.45, 7) is 11.5. The summed E-state index contributed by atoms with van der Waals surface area (Å²) in [6.07, 6.45) is 1.67. The maximum Gasteiger partial charge on any atom is 0.328 e. The van der Waals surface area contributed by atoms with Crippen molar-refractivity contribution in [2.45, 2.75) is 26.7 Å². The number of anilines is 2. The fourth-order valence-electron chi connectivity index (χ4n) is 5.48. The number of hydrogen-bond acceptors (Lipinski definition) is 13. The van der Waals surface area contributed by atoms with Crippen LogP contribution in [-0.4, -0.2) is 104 Å². The van der Waals surface area contributed by atoms with Crippen molar-refractivity contribution in [1.82, 2.24) is 19.9 Å². The number of methoxy groups -OCH3 is 1. The molecule has 1 aromatic heterocycles. The Morgan fingerprint density at radius 3 is 2.17 bits per heavy atom. The third-order valence-electron chi connectivity index (χ3n) is 8.10. The van der Waals surface area contributed by atoms with Crippen molar-refractivity contribution in [3.8, 4) is 23.3 Å². The molecular weight excluding hydrogens is 636 g/mol. The molecule has 0 aliphatic carbocycles. The van der Waals surface area contributed by atoms with Crippen molar-refractivity contribution in [2.75, 3.05) is 82.7 Å². The van der Waals surface area contributed by atoms with Gasteiger partial charge in [-0.3, -0.25) is 14.5 Å². The van der Waals surface area contributed by atoms with E-state index in [2.05, 4.69) is 35.9 Å². The van der Waals surface area contributed by atoms with Gasteiger partial charge in [0.25, 0.3) is 11.1 Å². The lowest BCUT2D eigenvalue weighted by Gasteiger charge is -2.30. The average Bonchev–Trinajstić information content (AvgIpc) is 3.36. The van der Waals surface area contributed by atoms with Crippen LogP contribution in [-0.2, 0) is 14.3 Å². The Morgan fingerprint density at radius 2 is 1.54 bits per heavy atom. The van der Waals surface area contributed by atoms with Crippen molar-refractivity contribution < 1.29 is 33.3 Å². The van der Waals surface area contributed by atoms with Crippen LogP contribution in [0.1, 0.15) is 36.5 Å². The van der Waals surface area contributed by atoms with E-state index >= 15 is 0 Å². The third kappa shape index (κ3) is 7.83. The van der Waals surface area contributed by atoms with Gasteiger partial charge in [0, 0.05) is 26.2 Å². The highest BCUT2D eigenvalue weighted by Gasteiger charge is 2.35. The largest absolute Gasteiger partial charge is 0.493 e. The standard InChI is InChI=1S/C34H40N6O7S/c1-22(2)25-7-5-23(3)19-27(25)46-18-13-40-30(41)29(48-34(40)42)21-24-6-8-26(28(20-24)43-4)47-33-36-31(38-9-14-44-15-10-38)35-32(37-33)39-11-16-45-17-12-39/h5-8,19-22H,9-18H2,1-4H3/b29-21-. The second kappa shape index (κ2) is 15.2. The van der Waals surface area contributed by atoms with E-state index in [1.807, 2.05) is 22.8 Å². The Morgan fingerprint density at radius 1 is 0.875 bits per heavy atom. The van der Waals surface area contributed by atoms with Gasteiger partial charge >= 0.3 is 6.01 Å². The van der Waals surface area contributed by atoms with Crippen LogP contribution in [0.5, 0.6) is 23.3 Å². The molecule has 3 aliphatic heterocycles. The van der Waals surface area contributed by atoms with Crippen LogP contribution in [0.15, 0.2) is 41.3 Å². The van der Waals surface area contributed by atoms with Gasteiger partial charge in [0.1, 0.15) is 12.4 Å². The predicted molar refractivity (Wildman–Crippen MR) is 182 cm³/mol. The fraction of sp³-hybridized carbons (Fsp3) is 0.441. The van der Waals surface area contributed by atoms with Gasteiger partial charge in [-0.1, -0.05) is 32.0 Å². The summed E-state index contributed by atoms with van der Waals surface area (Å²) in [4.78, 5) is 45.6. The summed E-state index contributed by atoms with van der Waals surface area (Å²) in [5.41, 5.74) is 2.83. The number of amides is 2. The number of carbonyl (C=O) groups excluding carboxylic acids is 2. The molecule has 0 bridgehead atoms. The molecule has 0 unspecified atom stereocenters. The molecule has 254 valence electrons. The zero-order chi connectivity index (χ0) is 33.6. The number of morpholine rings is 2. The molecule has 6 rings (SSSR count). The first kappa shape index (κ1) is 33.5. The van der Waals surface area contributed by atoms with Gasteiger partial charge in [-0.15, -0.1) is 0 Å². The van der Waals surface area contributed by atoms with Crippen molar-refractivity contribution >= 4 is 40.9 Å². The monoisotopic (exact) mass is 676 g/mol. The summed E-state index contributed by atoms with van der Waals surface area (Å²) in [5, 5.41) is -0.336. The highest BCUT2D eigenvalue weighted by atomic mass is 32.2. The van der Waals surface area contributed by atoms with Crippen molar-refractivity contribution in [3.63, 3.8) is 0 Å². The molecule has 0 N–H and O–H groups in total. The van der Waals surface area contributed by atoms with E-state index in [0.717, 1.165) is 28.6 Å². The molecule has 3 aliphatic rings. The molecular formula is C34H40N6O7S. The smallest absolute Gasteiger partial charge is 0.328 e. The number of benzene rings is 2. The molecule has 3 fully saturated rings. The molecule has 13 nitrogen and oxygen atoms in total. The Kier molecular flexibility index (Phi) is 10.6. The summed E-state index contributed by atoms with van der Waals surface area (Å²) in [7, 11) is 1.53. The summed E-state index contributed by atoms with van der Waals surface area (Å²) < 4.78 is 28.9. The molecule has 0 spiro atoms. The van der Waals surface area contributed by atoms with Crippen molar-refractivity contribution in [2.24, 2.45) is 0 Å². The van der Waals surface area contributed by atoms with Gasteiger partial charge < -0.3 is 33.5 Å². The highest BCUT2D eigenvalue weighted by molar-refractivity contribution is 8.18. The number of thioether (sulfide) groups is 1. The topological polar surface area (TPSA) is 129 Å². The summed E-state index contributed by atoms with van der Waals surface area (Å²) in [6, 6.07) is 11.5. The van der Waals surface area contributed by atoms with E-state index in [-0.39, 0.29) is 36.2 Å². The van der Waals surface area contributed by atoms with E-state index < -0.39 is 0 Å². The van der Waals surface area contributed by atoms with Crippen LogP contribution in [0, 0.1) is 6.92 Å². The van der Waals surface area contributed by atoms with E-state index in [0.29, 0.717) is 86.5 Å². The van der Waals surface area contributed by atoms with Gasteiger partial charge in [-0.05, 0) is 65.6 Å². The number of aryl methyl sites for hydroxylation is 1. The van der Waals surface area contributed by atoms with E-state index in [9.17, 15) is 9.59 Å². The van der Waals surface area contributed by atoms with Crippen molar-refractivity contribution in [1.29, 1.82) is 0 Å². The Hall–Kier alpha value is -4.40. The molecule has 2 amide bonds.